The lowest BCUT2D eigenvalue weighted by atomic mass is 9.91. The molecule has 1 amide bonds. The van der Waals surface area contributed by atoms with Gasteiger partial charge in [0, 0.05) is 50.2 Å². The summed E-state index contributed by atoms with van der Waals surface area (Å²) in [6, 6.07) is 9.26. The molecule has 1 aromatic carbocycles. The van der Waals surface area contributed by atoms with Crippen molar-refractivity contribution in [3.05, 3.63) is 47.5 Å². The van der Waals surface area contributed by atoms with Gasteiger partial charge >= 0.3 is 0 Å². The van der Waals surface area contributed by atoms with E-state index in [9.17, 15) is 9.90 Å². The van der Waals surface area contributed by atoms with E-state index in [1.54, 1.807) is 36.2 Å². The Morgan fingerprint density at radius 2 is 2.13 bits per heavy atom. The van der Waals surface area contributed by atoms with Gasteiger partial charge in [-0.1, -0.05) is 30.1 Å². The first-order chi connectivity index (χ1) is 15.0. The molecule has 31 heavy (non-hydrogen) atoms. The molecule has 3 aromatic rings. The summed E-state index contributed by atoms with van der Waals surface area (Å²) in [5.74, 6) is 0.293. The van der Waals surface area contributed by atoms with E-state index < -0.39 is 5.60 Å². The highest BCUT2D eigenvalue weighted by Gasteiger charge is 2.45. The third-order valence-electron chi connectivity index (χ3n) is 5.17. The Morgan fingerprint density at radius 1 is 1.26 bits per heavy atom. The molecule has 0 spiro atoms. The number of carbonyl (C=O) groups is 1. The van der Waals surface area contributed by atoms with Gasteiger partial charge in [-0.3, -0.25) is 9.52 Å². The zero-order valence-electron chi connectivity index (χ0n) is 17.3. The maximum absolute atomic E-state index is 12.4. The van der Waals surface area contributed by atoms with E-state index in [1.807, 2.05) is 35.9 Å². The molecule has 2 aromatic heterocycles. The number of likely N-dealkylation sites (tertiary alicyclic amines) is 1. The number of anilines is 1. The van der Waals surface area contributed by atoms with Crippen molar-refractivity contribution in [2.24, 2.45) is 0 Å². The third kappa shape index (κ3) is 4.57. The zero-order chi connectivity index (χ0) is 21.8. The van der Waals surface area contributed by atoms with Crippen LogP contribution in [0.3, 0.4) is 0 Å². The summed E-state index contributed by atoms with van der Waals surface area (Å²) in [7, 11) is 1.71. The first-order valence-electron chi connectivity index (χ1n) is 9.89. The van der Waals surface area contributed by atoms with Crippen LogP contribution in [0.25, 0.3) is 22.0 Å². The standard InChI is InChI=1S/C21H24N6O2S2/c1-27-11-7-21(29,19(27)28)15-5-3-4-14(12-15)18-25-17(13-31-18)16-6-8-22-20(26-16)23-9-10-24-30-2/h3-6,8,12-13,24,29H,7,9-11H2,1-2H3,(H,22,23,26). The van der Waals surface area contributed by atoms with Crippen molar-refractivity contribution >= 4 is 35.1 Å². The van der Waals surface area contributed by atoms with Crippen molar-refractivity contribution in [3.63, 3.8) is 0 Å². The lowest BCUT2D eigenvalue weighted by Gasteiger charge is -2.21. The molecular weight excluding hydrogens is 432 g/mol. The van der Waals surface area contributed by atoms with Crippen LogP contribution >= 0.6 is 23.3 Å². The van der Waals surface area contributed by atoms with Gasteiger partial charge in [0.1, 0.15) is 10.7 Å². The second-order valence-corrected chi connectivity index (χ2v) is 8.80. The number of hydrogen-bond donors (Lipinski definition) is 3. The number of hydrogen-bond acceptors (Lipinski definition) is 9. The average Bonchev–Trinajstić information content (AvgIpc) is 3.39. The summed E-state index contributed by atoms with van der Waals surface area (Å²) in [5.41, 5.74) is 1.49. The Bertz CT molecular complexity index is 1080. The van der Waals surface area contributed by atoms with Gasteiger partial charge in [-0.25, -0.2) is 15.0 Å². The number of carbonyl (C=O) groups excluding carboxylic acids is 1. The number of aromatic nitrogens is 3. The minimum atomic E-state index is -1.47. The topological polar surface area (TPSA) is 103 Å². The van der Waals surface area contributed by atoms with Crippen LogP contribution in [-0.2, 0) is 10.4 Å². The number of benzene rings is 1. The van der Waals surface area contributed by atoms with Crippen molar-refractivity contribution in [2.75, 3.05) is 38.3 Å². The zero-order valence-corrected chi connectivity index (χ0v) is 19.0. The Morgan fingerprint density at radius 3 is 2.90 bits per heavy atom. The van der Waals surface area contributed by atoms with E-state index in [4.69, 9.17) is 4.98 Å². The number of likely N-dealkylation sites (N-methyl/N-ethyl adjacent to an activating group) is 1. The minimum absolute atomic E-state index is 0.266. The van der Waals surface area contributed by atoms with Gasteiger partial charge in [0.05, 0.1) is 5.69 Å². The summed E-state index contributed by atoms with van der Waals surface area (Å²) in [6.45, 7) is 2.06. The molecule has 0 radical (unpaired) electrons. The molecule has 1 unspecified atom stereocenters. The van der Waals surface area contributed by atoms with Crippen LogP contribution in [0.5, 0.6) is 0 Å². The van der Waals surface area contributed by atoms with E-state index in [0.717, 1.165) is 35.0 Å². The van der Waals surface area contributed by atoms with E-state index in [1.165, 1.54) is 11.3 Å². The Kier molecular flexibility index (Phi) is 6.51. The second kappa shape index (κ2) is 9.31. The average molecular weight is 457 g/mol. The molecule has 0 bridgehead atoms. The van der Waals surface area contributed by atoms with E-state index in [0.29, 0.717) is 24.5 Å². The first kappa shape index (κ1) is 21.7. The molecule has 1 aliphatic heterocycles. The fourth-order valence-corrected chi connectivity index (χ4v) is 4.59. The van der Waals surface area contributed by atoms with E-state index >= 15 is 0 Å². The summed E-state index contributed by atoms with van der Waals surface area (Å²) in [5, 5.41) is 16.9. The molecule has 8 nitrogen and oxygen atoms in total. The largest absolute Gasteiger partial charge is 0.375 e. The van der Waals surface area contributed by atoms with Crippen LogP contribution in [0.4, 0.5) is 5.95 Å². The van der Waals surface area contributed by atoms with Crippen molar-refractivity contribution in [3.8, 4) is 22.0 Å². The predicted molar refractivity (Wildman–Crippen MR) is 125 cm³/mol. The number of aliphatic hydroxyl groups is 1. The quantitative estimate of drug-likeness (QED) is 0.351. The molecule has 3 N–H and O–H groups in total. The Balaban J connectivity index is 1.54. The lowest BCUT2D eigenvalue weighted by Crippen LogP contribution is -2.36. The van der Waals surface area contributed by atoms with Gasteiger partial charge in [0.25, 0.3) is 5.91 Å². The summed E-state index contributed by atoms with van der Waals surface area (Å²) >= 11 is 3.07. The summed E-state index contributed by atoms with van der Waals surface area (Å²) in [4.78, 5) is 27.6. The molecule has 3 heterocycles. The molecule has 4 rings (SSSR count). The lowest BCUT2D eigenvalue weighted by molar-refractivity contribution is -0.143. The number of thiazole rings is 1. The fourth-order valence-electron chi connectivity index (χ4n) is 3.47. The highest BCUT2D eigenvalue weighted by atomic mass is 32.2. The van der Waals surface area contributed by atoms with Gasteiger partial charge in [-0.15, -0.1) is 11.3 Å². The Hall–Kier alpha value is -2.53. The first-order valence-corrected chi connectivity index (χ1v) is 12.0. The molecule has 0 aliphatic carbocycles. The maximum Gasteiger partial charge on any atom is 0.258 e. The van der Waals surface area contributed by atoms with Crippen LogP contribution in [0.1, 0.15) is 12.0 Å². The molecule has 10 heteroatoms. The van der Waals surface area contributed by atoms with E-state index in [2.05, 4.69) is 20.0 Å². The van der Waals surface area contributed by atoms with Crippen molar-refractivity contribution in [2.45, 2.75) is 12.0 Å². The van der Waals surface area contributed by atoms with Crippen LogP contribution in [0, 0.1) is 0 Å². The molecule has 1 saturated heterocycles. The van der Waals surface area contributed by atoms with Gasteiger partial charge in [-0.05, 0) is 24.0 Å². The highest BCUT2D eigenvalue weighted by Crippen LogP contribution is 2.35. The highest BCUT2D eigenvalue weighted by molar-refractivity contribution is 7.96. The van der Waals surface area contributed by atoms with Crippen molar-refractivity contribution in [1.29, 1.82) is 0 Å². The normalized spacial score (nSPS) is 18.5. The minimum Gasteiger partial charge on any atom is -0.375 e. The van der Waals surface area contributed by atoms with Gasteiger partial charge < -0.3 is 15.3 Å². The fraction of sp³-hybridized carbons (Fsp3) is 0.333. The molecule has 1 atom stereocenters. The van der Waals surface area contributed by atoms with Crippen molar-refractivity contribution in [1.82, 2.24) is 24.6 Å². The van der Waals surface area contributed by atoms with Gasteiger partial charge in [0.15, 0.2) is 5.60 Å². The van der Waals surface area contributed by atoms with Crippen molar-refractivity contribution < 1.29 is 9.90 Å². The second-order valence-electron chi connectivity index (χ2n) is 7.25. The van der Waals surface area contributed by atoms with Gasteiger partial charge in [-0.2, -0.15) is 0 Å². The molecule has 1 fully saturated rings. The number of rotatable bonds is 8. The molecule has 0 saturated carbocycles. The predicted octanol–water partition coefficient (Wildman–Crippen LogP) is 2.60. The number of amides is 1. The molecule has 162 valence electrons. The summed E-state index contributed by atoms with van der Waals surface area (Å²) < 4.78 is 3.17. The monoisotopic (exact) mass is 456 g/mol. The Labute approximate surface area is 189 Å². The van der Waals surface area contributed by atoms with Crippen LogP contribution in [0.15, 0.2) is 41.9 Å². The number of nitrogens with one attached hydrogen (secondary N) is 2. The molecular formula is C21H24N6O2S2. The maximum atomic E-state index is 12.4. The third-order valence-corrected chi connectivity index (χ3v) is 6.56. The van der Waals surface area contributed by atoms with Crippen LogP contribution < -0.4 is 10.0 Å². The van der Waals surface area contributed by atoms with Crippen LogP contribution in [-0.4, -0.2) is 63.8 Å². The van der Waals surface area contributed by atoms with E-state index in [-0.39, 0.29) is 5.91 Å². The molecule has 1 aliphatic rings. The van der Waals surface area contributed by atoms with Gasteiger partial charge in [0.2, 0.25) is 5.95 Å². The number of nitrogens with zero attached hydrogens (tertiary/aromatic N) is 4. The van der Waals surface area contributed by atoms with Crippen LogP contribution in [0.2, 0.25) is 0 Å². The smallest absolute Gasteiger partial charge is 0.258 e. The summed E-state index contributed by atoms with van der Waals surface area (Å²) in [6.07, 6.45) is 4.08. The SMILES string of the molecule is CSNCCNc1nccc(-c2csc(-c3cccc(C4(O)CCN(C)C4=O)c3)n2)n1.